The molecule has 0 radical (unpaired) electrons. The lowest BCUT2D eigenvalue weighted by Crippen LogP contribution is -2.36. The Balaban J connectivity index is 0.00000161. The molecular formula is C14H18ClN3O2S. The Morgan fingerprint density at radius 2 is 2.24 bits per heavy atom. The maximum absolute atomic E-state index is 12.2. The second kappa shape index (κ2) is 7.15. The zero-order chi connectivity index (χ0) is 13.9. The zero-order valence-corrected chi connectivity index (χ0v) is 13.1. The first kappa shape index (κ1) is 16.1. The Morgan fingerprint density at radius 3 is 3.00 bits per heavy atom. The number of benzene rings is 1. The number of anilines is 1. The van der Waals surface area contributed by atoms with Crippen molar-refractivity contribution in [2.45, 2.75) is 23.8 Å². The molecule has 2 heterocycles. The zero-order valence-electron chi connectivity index (χ0n) is 11.5. The highest BCUT2D eigenvalue weighted by atomic mass is 35.5. The van der Waals surface area contributed by atoms with Gasteiger partial charge in [-0.15, -0.1) is 24.2 Å². The molecule has 0 bridgehead atoms. The van der Waals surface area contributed by atoms with Gasteiger partial charge in [0.25, 0.3) is 5.91 Å². The van der Waals surface area contributed by atoms with Crippen molar-refractivity contribution in [2.75, 3.05) is 24.2 Å². The minimum absolute atomic E-state index is 0. The van der Waals surface area contributed by atoms with Gasteiger partial charge in [-0.3, -0.25) is 9.59 Å². The van der Waals surface area contributed by atoms with Gasteiger partial charge in [0, 0.05) is 35.2 Å². The molecule has 1 saturated heterocycles. The molecular weight excluding hydrogens is 310 g/mol. The summed E-state index contributed by atoms with van der Waals surface area (Å²) in [4.78, 5) is 24.8. The van der Waals surface area contributed by atoms with Crippen LogP contribution in [-0.2, 0) is 4.79 Å². The topological polar surface area (TPSA) is 70.2 Å². The van der Waals surface area contributed by atoms with Gasteiger partial charge in [-0.1, -0.05) is 0 Å². The Bertz CT molecular complexity index is 547. The molecule has 0 spiro atoms. The number of hydrogen-bond acceptors (Lipinski definition) is 4. The number of hydrogen-bond donors (Lipinski definition) is 3. The average molecular weight is 328 g/mol. The van der Waals surface area contributed by atoms with Crippen molar-refractivity contribution >= 4 is 41.7 Å². The molecule has 2 amide bonds. The van der Waals surface area contributed by atoms with Crippen LogP contribution >= 0.6 is 24.2 Å². The molecule has 1 fully saturated rings. The Kier molecular flexibility index (Phi) is 5.50. The van der Waals surface area contributed by atoms with Crippen LogP contribution in [0.2, 0.25) is 0 Å². The predicted octanol–water partition coefficient (Wildman–Crippen LogP) is 1.63. The standard InChI is InChI=1S/C14H17N3O2S.ClH/c18-13-4-6-20-12-2-1-9(7-11(12)17-13)14(19)16-10-3-5-15-8-10;/h1-2,7,10,15H,3-6,8H2,(H,16,19)(H,17,18);1H. The summed E-state index contributed by atoms with van der Waals surface area (Å²) >= 11 is 1.64. The van der Waals surface area contributed by atoms with Crippen LogP contribution in [0.4, 0.5) is 5.69 Å². The van der Waals surface area contributed by atoms with E-state index in [0.29, 0.717) is 12.0 Å². The fraction of sp³-hybridized carbons (Fsp3) is 0.429. The molecule has 0 aliphatic carbocycles. The van der Waals surface area contributed by atoms with Gasteiger partial charge < -0.3 is 16.0 Å². The van der Waals surface area contributed by atoms with Gasteiger partial charge in [-0.05, 0) is 31.2 Å². The minimum Gasteiger partial charge on any atom is -0.348 e. The van der Waals surface area contributed by atoms with E-state index in [1.165, 1.54) is 0 Å². The minimum atomic E-state index is -0.0787. The number of halogens is 1. The first-order valence-corrected chi connectivity index (χ1v) is 7.79. The van der Waals surface area contributed by atoms with Gasteiger partial charge in [-0.2, -0.15) is 0 Å². The summed E-state index contributed by atoms with van der Waals surface area (Å²) in [5.41, 5.74) is 1.34. The molecule has 7 heteroatoms. The van der Waals surface area contributed by atoms with Crippen LogP contribution in [0.25, 0.3) is 0 Å². The van der Waals surface area contributed by atoms with E-state index in [2.05, 4.69) is 16.0 Å². The van der Waals surface area contributed by atoms with Crippen LogP contribution in [-0.4, -0.2) is 36.7 Å². The average Bonchev–Trinajstić information content (AvgIpc) is 2.85. The van der Waals surface area contributed by atoms with E-state index in [1.807, 2.05) is 12.1 Å². The maximum atomic E-state index is 12.2. The van der Waals surface area contributed by atoms with Gasteiger partial charge in [0.1, 0.15) is 0 Å². The second-order valence-corrected chi connectivity index (χ2v) is 6.16. The van der Waals surface area contributed by atoms with Crippen LogP contribution in [0.3, 0.4) is 0 Å². The highest BCUT2D eigenvalue weighted by molar-refractivity contribution is 7.99. The predicted molar refractivity (Wildman–Crippen MR) is 86.4 cm³/mol. The summed E-state index contributed by atoms with van der Waals surface area (Å²) in [5.74, 6) is 0.705. The highest BCUT2D eigenvalue weighted by Crippen LogP contribution is 2.31. The second-order valence-electron chi connectivity index (χ2n) is 5.02. The van der Waals surface area contributed by atoms with Crippen molar-refractivity contribution in [3.05, 3.63) is 23.8 Å². The van der Waals surface area contributed by atoms with Crippen molar-refractivity contribution in [2.24, 2.45) is 0 Å². The monoisotopic (exact) mass is 327 g/mol. The molecule has 114 valence electrons. The number of carbonyl (C=O) groups excluding carboxylic acids is 2. The van der Waals surface area contributed by atoms with Crippen LogP contribution in [0.5, 0.6) is 0 Å². The Labute approximate surface area is 134 Å². The summed E-state index contributed by atoms with van der Waals surface area (Å²) in [5, 5.41) is 9.09. The summed E-state index contributed by atoms with van der Waals surface area (Å²) in [6.07, 6.45) is 1.47. The normalized spacial score (nSPS) is 20.8. The molecule has 1 aromatic carbocycles. The SMILES string of the molecule is Cl.O=C1CCSc2ccc(C(=O)NC3CCNC3)cc2N1. The number of nitrogens with one attached hydrogen (secondary N) is 3. The van der Waals surface area contributed by atoms with Crippen molar-refractivity contribution in [3.8, 4) is 0 Å². The lowest BCUT2D eigenvalue weighted by Gasteiger charge is -2.13. The van der Waals surface area contributed by atoms with E-state index in [0.717, 1.165) is 35.8 Å². The lowest BCUT2D eigenvalue weighted by atomic mass is 10.1. The van der Waals surface area contributed by atoms with Crippen LogP contribution < -0.4 is 16.0 Å². The molecule has 3 rings (SSSR count). The van der Waals surface area contributed by atoms with Crippen LogP contribution in [0, 0.1) is 0 Å². The number of rotatable bonds is 2. The molecule has 5 nitrogen and oxygen atoms in total. The molecule has 3 N–H and O–H groups in total. The molecule has 0 saturated carbocycles. The van der Waals surface area contributed by atoms with E-state index in [4.69, 9.17) is 0 Å². The molecule has 1 atom stereocenters. The van der Waals surface area contributed by atoms with E-state index in [-0.39, 0.29) is 30.3 Å². The smallest absolute Gasteiger partial charge is 0.251 e. The fourth-order valence-corrected chi connectivity index (χ4v) is 3.34. The van der Waals surface area contributed by atoms with Gasteiger partial charge in [0.15, 0.2) is 0 Å². The molecule has 1 aromatic rings. The third-order valence-electron chi connectivity index (χ3n) is 3.50. The molecule has 2 aliphatic heterocycles. The van der Waals surface area contributed by atoms with Crippen LogP contribution in [0.1, 0.15) is 23.2 Å². The van der Waals surface area contributed by atoms with Gasteiger partial charge >= 0.3 is 0 Å². The quantitative estimate of drug-likeness (QED) is 0.772. The lowest BCUT2D eigenvalue weighted by molar-refractivity contribution is -0.115. The summed E-state index contributed by atoms with van der Waals surface area (Å²) < 4.78 is 0. The Morgan fingerprint density at radius 1 is 1.38 bits per heavy atom. The number of amides is 2. The third kappa shape index (κ3) is 3.90. The van der Waals surface area contributed by atoms with E-state index >= 15 is 0 Å². The summed E-state index contributed by atoms with van der Waals surface area (Å²) in [6, 6.07) is 5.70. The van der Waals surface area contributed by atoms with Gasteiger partial charge in [-0.25, -0.2) is 0 Å². The molecule has 1 unspecified atom stereocenters. The first-order chi connectivity index (χ1) is 9.72. The third-order valence-corrected chi connectivity index (χ3v) is 4.57. The van der Waals surface area contributed by atoms with E-state index in [1.54, 1.807) is 17.8 Å². The Hall–Kier alpha value is -1.24. The first-order valence-electron chi connectivity index (χ1n) is 6.80. The van der Waals surface area contributed by atoms with Crippen molar-refractivity contribution < 1.29 is 9.59 Å². The molecule has 2 aliphatic rings. The van der Waals surface area contributed by atoms with Crippen molar-refractivity contribution in [3.63, 3.8) is 0 Å². The largest absolute Gasteiger partial charge is 0.348 e. The number of thioether (sulfide) groups is 1. The summed E-state index contributed by atoms with van der Waals surface area (Å²) in [6.45, 7) is 1.77. The maximum Gasteiger partial charge on any atom is 0.251 e. The van der Waals surface area contributed by atoms with Crippen LogP contribution in [0.15, 0.2) is 23.1 Å². The number of carbonyl (C=O) groups is 2. The van der Waals surface area contributed by atoms with Crippen molar-refractivity contribution in [1.29, 1.82) is 0 Å². The van der Waals surface area contributed by atoms with E-state index < -0.39 is 0 Å². The summed E-state index contributed by atoms with van der Waals surface area (Å²) in [7, 11) is 0. The highest BCUT2D eigenvalue weighted by Gasteiger charge is 2.19. The van der Waals surface area contributed by atoms with Crippen molar-refractivity contribution in [1.82, 2.24) is 10.6 Å². The van der Waals surface area contributed by atoms with Gasteiger partial charge in [0.2, 0.25) is 5.91 Å². The van der Waals surface area contributed by atoms with Gasteiger partial charge in [0.05, 0.1) is 5.69 Å². The molecule has 21 heavy (non-hydrogen) atoms. The fourth-order valence-electron chi connectivity index (χ4n) is 2.41. The molecule has 0 aromatic heterocycles. The van der Waals surface area contributed by atoms with E-state index in [9.17, 15) is 9.59 Å². The number of fused-ring (bicyclic) bond motifs is 1.